The summed E-state index contributed by atoms with van der Waals surface area (Å²) in [7, 11) is -3.45. The largest absolute Gasteiger partial charge is 0.252 e. The van der Waals surface area contributed by atoms with Crippen molar-refractivity contribution in [1.29, 1.82) is 0 Å². The van der Waals surface area contributed by atoms with Crippen molar-refractivity contribution < 1.29 is 8.42 Å². The summed E-state index contributed by atoms with van der Waals surface area (Å²) >= 11 is 15.8. The van der Waals surface area contributed by atoms with Gasteiger partial charge in [-0.3, -0.25) is 0 Å². The maximum Gasteiger partial charge on any atom is 0.252 e. The minimum atomic E-state index is -3.45. The van der Waals surface area contributed by atoms with Gasteiger partial charge in [0.25, 0.3) is 10.0 Å². The zero-order valence-electron chi connectivity index (χ0n) is 9.12. The lowest BCUT2D eigenvalue weighted by Crippen LogP contribution is -2.31. The van der Waals surface area contributed by atoms with Gasteiger partial charge in [-0.15, -0.1) is 22.9 Å². The number of hydrogen-bond donors (Lipinski definition) is 0. The van der Waals surface area contributed by atoms with Crippen molar-refractivity contribution in [2.45, 2.75) is 17.6 Å². The average Bonchev–Trinajstić information content (AvgIpc) is 2.61. The topological polar surface area (TPSA) is 37.4 Å². The van der Waals surface area contributed by atoms with Gasteiger partial charge >= 0.3 is 0 Å². The predicted octanol–water partition coefficient (Wildman–Crippen LogP) is 3.80. The van der Waals surface area contributed by atoms with E-state index in [1.54, 1.807) is 6.92 Å². The van der Waals surface area contributed by atoms with Gasteiger partial charge in [0.05, 0.1) is 8.81 Å². The van der Waals surface area contributed by atoms with E-state index in [4.69, 9.17) is 23.2 Å². The minimum absolute atomic E-state index is 0.255. The Morgan fingerprint density at radius 1 is 1.53 bits per heavy atom. The first-order valence-corrected chi connectivity index (χ1v) is 8.90. The van der Waals surface area contributed by atoms with Crippen molar-refractivity contribution >= 4 is 60.5 Å². The second kappa shape index (κ2) is 6.73. The van der Waals surface area contributed by atoms with Gasteiger partial charge in [0.2, 0.25) is 0 Å². The number of hydrogen-bond acceptors (Lipinski definition) is 3. The fraction of sp³-hybridized carbons (Fsp3) is 0.556. The summed E-state index contributed by atoms with van der Waals surface area (Å²) in [6.07, 6.45) is 0.634. The van der Waals surface area contributed by atoms with Gasteiger partial charge in [0.1, 0.15) is 4.21 Å². The van der Waals surface area contributed by atoms with E-state index in [0.29, 0.717) is 34.2 Å². The van der Waals surface area contributed by atoms with Gasteiger partial charge in [-0.25, -0.2) is 8.42 Å². The van der Waals surface area contributed by atoms with Crippen molar-refractivity contribution in [3.8, 4) is 0 Å². The summed E-state index contributed by atoms with van der Waals surface area (Å²) in [5.41, 5.74) is 0. The number of sulfonamides is 1. The highest BCUT2D eigenvalue weighted by molar-refractivity contribution is 9.11. The minimum Gasteiger partial charge on any atom is -0.206 e. The summed E-state index contributed by atoms with van der Waals surface area (Å²) in [4.78, 5) is 0. The molecule has 0 radical (unpaired) electrons. The Morgan fingerprint density at radius 3 is 2.59 bits per heavy atom. The van der Waals surface area contributed by atoms with Gasteiger partial charge in [-0.1, -0.05) is 18.5 Å². The van der Waals surface area contributed by atoms with Gasteiger partial charge < -0.3 is 0 Å². The maximum absolute atomic E-state index is 12.2. The Kier molecular flexibility index (Phi) is 6.22. The lowest BCUT2D eigenvalue weighted by molar-refractivity contribution is 0.429. The summed E-state index contributed by atoms with van der Waals surface area (Å²) < 4.78 is 26.8. The van der Waals surface area contributed by atoms with Crippen molar-refractivity contribution in [1.82, 2.24) is 4.31 Å². The van der Waals surface area contributed by atoms with Crippen LogP contribution < -0.4 is 0 Å². The third kappa shape index (κ3) is 3.81. The Labute approximate surface area is 124 Å². The molecule has 0 saturated heterocycles. The summed E-state index contributed by atoms with van der Waals surface area (Å²) in [6.45, 7) is 2.65. The summed E-state index contributed by atoms with van der Waals surface area (Å²) in [6, 6.07) is 1.47. The quantitative estimate of drug-likeness (QED) is 0.703. The fourth-order valence-corrected chi connectivity index (χ4v) is 5.43. The van der Waals surface area contributed by atoms with Crippen LogP contribution in [0, 0.1) is 0 Å². The van der Waals surface area contributed by atoms with E-state index in [9.17, 15) is 8.42 Å². The first-order valence-electron chi connectivity index (χ1n) is 4.94. The lowest BCUT2D eigenvalue weighted by Gasteiger charge is -2.18. The van der Waals surface area contributed by atoms with E-state index in [0.717, 1.165) is 11.3 Å². The highest BCUT2D eigenvalue weighted by Crippen LogP contribution is 2.35. The molecule has 0 aliphatic rings. The van der Waals surface area contributed by atoms with Crippen LogP contribution >= 0.6 is 50.5 Å². The maximum atomic E-state index is 12.2. The van der Waals surface area contributed by atoms with Crippen LogP contribution in [0.5, 0.6) is 0 Å². The highest BCUT2D eigenvalue weighted by atomic mass is 79.9. The zero-order valence-corrected chi connectivity index (χ0v) is 13.9. The van der Waals surface area contributed by atoms with E-state index < -0.39 is 10.0 Å². The van der Waals surface area contributed by atoms with E-state index in [1.807, 2.05) is 0 Å². The molecule has 1 rings (SSSR count). The molecule has 0 atom stereocenters. The molecule has 0 spiro atoms. The van der Waals surface area contributed by atoms with Crippen LogP contribution in [0.4, 0.5) is 0 Å². The molecule has 0 N–H and O–H groups in total. The fourth-order valence-electron chi connectivity index (χ4n) is 1.27. The van der Waals surface area contributed by atoms with Crippen LogP contribution in [0.1, 0.15) is 13.3 Å². The molecule has 1 aromatic heterocycles. The van der Waals surface area contributed by atoms with Crippen molar-refractivity contribution in [2.24, 2.45) is 0 Å². The molecule has 1 aromatic rings. The number of thiophene rings is 1. The van der Waals surface area contributed by atoms with Crippen LogP contribution in [0.15, 0.2) is 14.1 Å². The Balaban J connectivity index is 2.99. The second-order valence-corrected chi connectivity index (χ2v) is 8.55. The Morgan fingerprint density at radius 2 is 2.18 bits per heavy atom. The van der Waals surface area contributed by atoms with Gasteiger partial charge in [0.15, 0.2) is 0 Å². The number of nitrogens with zero attached hydrogens (tertiary/aromatic N) is 1. The third-order valence-corrected chi connectivity index (χ3v) is 7.28. The van der Waals surface area contributed by atoms with Crippen LogP contribution in [0.25, 0.3) is 0 Å². The zero-order chi connectivity index (χ0) is 13.1. The van der Waals surface area contributed by atoms with Gasteiger partial charge in [-0.05, 0) is 28.4 Å². The molecule has 0 aliphatic carbocycles. The predicted molar refractivity (Wildman–Crippen MR) is 76.8 cm³/mol. The lowest BCUT2D eigenvalue weighted by atomic mass is 10.5. The van der Waals surface area contributed by atoms with Crippen LogP contribution in [-0.2, 0) is 10.0 Å². The van der Waals surface area contributed by atoms with Crippen LogP contribution in [0.2, 0.25) is 5.02 Å². The molecule has 17 heavy (non-hydrogen) atoms. The number of rotatable bonds is 6. The molecule has 0 amide bonds. The van der Waals surface area contributed by atoms with Gasteiger partial charge in [-0.2, -0.15) is 4.31 Å². The molecule has 98 valence electrons. The van der Waals surface area contributed by atoms with Crippen LogP contribution in [0.3, 0.4) is 0 Å². The van der Waals surface area contributed by atoms with Crippen molar-refractivity contribution in [3.05, 3.63) is 14.9 Å². The molecule has 0 unspecified atom stereocenters. The molecule has 0 fully saturated rings. The van der Waals surface area contributed by atoms with Crippen molar-refractivity contribution in [3.63, 3.8) is 0 Å². The summed E-state index contributed by atoms with van der Waals surface area (Å²) in [5.74, 6) is 0.445. The molecule has 0 aromatic carbocycles. The first kappa shape index (κ1) is 15.7. The summed E-state index contributed by atoms with van der Waals surface area (Å²) in [5, 5.41) is 0.418. The monoisotopic (exact) mass is 379 g/mol. The average molecular weight is 381 g/mol. The third-order valence-electron chi connectivity index (χ3n) is 2.11. The van der Waals surface area contributed by atoms with Crippen LogP contribution in [-0.4, -0.2) is 31.7 Å². The van der Waals surface area contributed by atoms with E-state index in [-0.39, 0.29) is 4.21 Å². The smallest absolute Gasteiger partial charge is 0.206 e. The molecular formula is C9H12BrCl2NO2S2. The normalized spacial score (nSPS) is 12.3. The first-order chi connectivity index (χ1) is 7.93. The van der Waals surface area contributed by atoms with E-state index >= 15 is 0 Å². The van der Waals surface area contributed by atoms with E-state index in [2.05, 4.69) is 15.9 Å². The highest BCUT2D eigenvalue weighted by Gasteiger charge is 2.25. The number of halogens is 3. The molecule has 3 nitrogen and oxygen atoms in total. The molecule has 0 saturated carbocycles. The number of alkyl halides is 1. The molecule has 0 bridgehead atoms. The Hall–Kier alpha value is 0.670. The molecule has 0 aliphatic heterocycles. The Bertz CT molecular complexity index is 456. The standard InChI is InChI=1S/C9H12BrCl2NO2S2/c1-2-13(5-3-4-11)17(14,15)8-6-7(12)9(10)16-8/h6H,2-5H2,1H3. The molecule has 8 heteroatoms. The second-order valence-electron chi connectivity index (χ2n) is 3.23. The molecular weight excluding hydrogens is 369 g/mol. The SMILES string of the molecule is CCN(CCCCl)S(=O)(=O)c1cc(Cl)c(Br)s1. The molecule has 1 heterocycles. The van der Waals surface area contributed by atoms with E-state index in [1.165, 1.54) is 10.4 Å². The van der Waals surface area contributed by atoms with Gasteiger partial charge in [0, 0.05) is 19.0 Å². The van der Waals surface area contributed by atoms with Crippen molar-refractivity contribution in [2.75, 3.05) is 19.0 Å².